The smallest absolute Gasteiger partial charge is 0.257 e. The molecule has 0 atom stereocenters. The van der Waals surface area contributed by atoms with Gasteiger partial charge in [0.25, 0.3) is 5.91 Å². The summed E-state index contributed by atoms with van der Waals surface area (Å²) in [4.78, 5) is 11.9. The van der Waals surface area contributed by atoms with Crippen LogP contribution in [0.1, 0.15) is 15.4 Å². The number of aryl methyl sites for hydroxylation is 1. The zero-order valence-electron chi connectivity index (χ0n) is 9.19. The number of nitrogens with zero attached hydrogens (tertiary/aromatic N) is 2. The van der Waals surface area contributed by atoms with Crippen LogP contribution in [-0.4, -0.2) is 21.4 Å². The highest BCUT2D eigenvalue weighted by molar-refractivity contribution is 9.10. The number of aromatic nitrogens is 2. The van der Waals surface area contributed by atoms with Gasteiger partial charge in [0, 0.05) is 21.8 Å². The highest BCUT2D eigenvalue weighted by Crippen LogP contribution is 2.18. The Labute approximate surface area is 125 Å². The van der Waals surface area contributed by atoms with Crippen LogP contribution in [0, 0.1) is 0 Å². The van der Waals surface area contributed by atoms with Gasteiger partial charge < -0.3 is 0 Å². The highest BCUT2D eigenvalue weighted by Gasteiger charge is 2.09. The molecule has 4 nitrogen and oxygen atoms in total. The SMILES string of the molecule is O=C(Nc1nnc(CCBr)s1)c1ccc(Br)cc1. The summed E-state index contributed by atoms with van der Waals surface area (Å²) in [5.41, 5.74) is 0.593. The Morgan fingerprint density at radius 1 is 1.28 bits per heavy atom. The van der Waals surface area contributed by atoms with E-state index in [-0.39, 0.29) is 5.91 Å². The fraction of sp³-hybridized carbons (Fsp3) is 0.182. The van der Waals surface area contributed by atoms with Crippen LogP contribution in [0.4, 0.5) is 5.13 Å². The van der Waals surface area contributed by atoms with Crippen molar-refractivity contribution in [3.63, 3.8) is 0 Å². The first-order valence-corrected chi connectivity index (χ1v) is 7.87. The van der Waals surface area contributed by atoms with E-state index in [1.165, 1.54) is 11.3 Å². The maximum Gasteiger partial charge on any atom is 0.257 e. The number of carbonyl (C=O) groups is 1. The van der Waals surface area contributed by atoms with Crippen LogP contribution in [0.2, 0.25) is 0 Å². The van der Waals surface area contributed by atoms with Crippen molar-refractivity contribution in [1.29, 1.82) is 0 Å². The summed E-state index contributed by atoms with van der Waals surface area (Å²) in [5, 5.41) is 12.9. The Kier molecular flexibility index (Phi) is 4.85. The molecule has 1 heterocycles. The molecule has 2 rings (SSSR count). The molecule has 0 aliphatic carbocycles. The lowest BCUT2D eigenvalue weighted by atomic mass is 10.2. The lowest BCUT2D eigenvalue weighted by Crippen LogP contribution is -2.11. The molecule has 1 aromatic carbocycles. The number of rotatable bonds is 4. The fourth-order valence-electron chi connectivity index (χ4n) is 1.26. The number of hydrogen-bond donors (Lipinski definition) is 1. The summed E-state index contributed by atoms with van der Waals surface area (Å²) in [7, 11) is 0. The average molecular weight is 391 g/mol. The number of carbonyl (C=O) groups excluding carboxylic acids is 1. The number of amides is 1. The normalized spacial score (nSPS) is 10.3. The van der Waals surface area contributed by atoms with E-state index in [0.29, 0.717) is 10.7 Å². The lowest BCUT2D eigenvalue weighted by molar-refractivity contribution is 0.102. The number of nitrogens with one attached hydrogen (secondary N) is 1. The van der Waals surface area contributed by atoms with Gasteiger partial charge in [-0.1, -0.05) is 43.2 Å². The lowest BCUT2D eigenvalue weighted by Gasteiger charge is -2.00. The fourth-order valence-corrected chi connectivity index (χ4v) is 2.89. The second-order valence-electron chi connectivity index (χ2n) is 3.40. The van der Waals surface area contributed by atoms with Gasteiger partial charge in [-0.3, -0.25) is 10.1 Å². The van der Waals surface area contributed by atoms with Crippen molar-refractivity contribution in [2.24, 2.45) is 0 Å². The molecule has 0 saturated heterocycles. The molecule has 0 aliphatic rings. The summed E-state index contributed by atoms with van der Waals surface area (Å²) in [6.07, 6.45) is 0.811. The van der Waals surface area contributed by atoms with E-state index in [1.807, 2.05) is 12.1 Å². The van der Waals surface area contributed by atoms with Crippen LogP contribution in [0.3, 0.4) is 0 Å². The average Bonchev–Trinajstić information content (AvgIpc) is 2.78. The second-order valence-corrected chi connectivity index (χ2v) is 6.17. The molecule has 1 amide bonds. The number of benzene rings is 1. The molecule has 0 spiro atoms. The Balaban J connectivity index is 2.04. The molecular weight excluding hydrogens is 382 g/mol. The summed E-state index contributed by atoms with van der Waals surface area (Å²) < 4.78 is 0.939. The van der Waals surface area contributed by atoms with E-state index in [0.717, 1.165) is 21.2 Å². The van der Waals surface area contributed by atoms with Crippen molar-refractivity contribution in [2.75, 3.05) is 10.6 Å². The Morgan fingerprint density at radius 3 is 2.67 bits per heavy atom. The zero-order chi connectivity index (χ0) is 13.0. The third kappa shape index (κ3) is 3.60. The van der Waals surface area contributed by atoms with Gasteiger partial charge in [-0.15, -0.1) is 10.2 Å². The third-order valence-electron chi connectivity index (χ3n) is 2.10. The number of alkyl halides is 1. The number of halogens is 2. The van der Waals surface area contributed by atoms with Crippen LogP contribution in [0.5, 0.6) is 0 Å². The van der Waals surface area contributed by atoms with E-state index >= 15 is 0 Å². The summed E-state index contributed by atoms with van der Waals surface area (Å²) in [5.74, 6) is -0.177. The molecule has 0 fully saturated rings. The van der Waals surface area contributed by atoms with E-state index in [2.05, 4.69) is 47.4 Å². The minimum atomic E-state index is -0.177. The largest absolute Gasteiger partial charge is 0.296 e. The first-order valence-electron chi connectivity index (χ1n) is 5.14. The molecule has 94 valence electrons. The molecule has 18 heavy (non-hydrogen) atoms. The monoisotopic (exact) mass is 389 g/mol. The van der Waals surface area contributed by atoms with Crippen LogP contribution >= 0.6 is 43.2 Å². The standard InChI is InChI=1S/C11H9Br2N3OS/c12-6-5-9-15-16-11(18-9)14-10(17)7-1-3-8(13)4-2-7/h1-4H,5-6H2,(H,14,16,17). The van der Waals surface area contributed by atoms with Crippen molar-refractivity contribution in [2.45, 2.75) is 6.42 Å². The number of anilines is 1. The van der Waals surface area contributed by atoms with Crippen LogP contribution in [0.25, 0.3) is 0 Å². The van der Waals surface area contributed by atoms with Crippen molar-refractivity contribution in [1.82, 2.24) is 10.2 Å². The van der Waals surface area contributed by atoms with E-state index < -0.39 is 0 Å². The maximum absolute atomic E-state index is 11.9. The summed E-state index contributed by atoms with van der Waals surface area (Å²) in [6.45, 7) is 0. The molecule has 0 aliphatic heterocycles. The highest BCUT2D eigenvalue weighted by atomic mass is 79.9. The van der Waals surface area contributed by atoms with Gasteiger partial charge in [0.2, 0.25) is 5.13 Å². The molecule has 0 saturated carbocycles. The van der Waals surface area contributed by atoms with E-state index in [4.69, 9.17) is 0 Å². The van der Waals surface area contributed by atoms with Gasteiger partial charge in [0.05, 0.1) is 0 Å². The van der Waals surface area contributed by atoms with Gasteiger partial charge in [-0.2, -0.15) is 0 Å². The van der Waals surface area contributed by atoms with Gasteiger partial charge in [0.1, 0.15) is 5.01 Å². The summed E-state index contributed by atoms with van der Waals surface area (Å²) in [6, 6.07) is 7.15. The van der Waals surface area contributed by atoms with Crippen molar-refractivity contribution < 1.29 is 4.79 Å². The first kappa shape index (κ1) is 13.6. The maximum atomic E-state index is 11.9. The quantitative estimate of drug-likeness (QED) is 0.813. The predicted molar refractivity (Wildman–Crippen MR) is 79.5 cm³/mol. The molecule has 7 heteroatoms. The van der Waals surface area contributed by atoms with Gasteiger partial charge in [-0.05, 0) is 24.3 Å². The van der Waals surface area contributed by atoms with Gasteiger partial charge >= 0.3 is 0 Å². The summed E-state index contributed by atoms with van der Waals surface area (Å²) >= 11 is 8.05. The molecule has 0 bridgehead atoms. The minimum Gasteiger partial charge on any atom is -0.296 e. The van der Waals surface area contributed by atoms with Crippen molar-refractivity contribution in [3.05, 3.63) is 39.3 Å². The van der Waals surface area contributed by atoms with Crippen LogP contribution in [0.15, 0.2) is 28.7 Å². The van der Waals surface area contributed by atoms with Crippen molar-refractivity contribution >= 4 is 54.2 Å². The molecule has 1 aromatic heterocycles. The Hall–Kier alpha value is -0.790. The van der Waals surface area contributed by atoms with E-state index in [9.17, 15) is 4.79 Å². The van der Waals surface area contributed by atoms with Crippen LogP contribution < -0.4 is 5.32 Å². The minimum absolute atomic E-state index is 0.177. The Morgan fingerprint density at radius 2 is 2.00 bits per heavy atom. The van der Waals surface area contributed by atoms with Crippen molar-refractivity contribution in [3.8, 4) is 0 Å². The second kappa shape index (κ2) is 6.40. The zero-order valence-corrected chi connectivity index (χ0v) is 13.2. The number of hydrogen-bond acceptors (Lipinski definition) is 4. The molecular formula is C11H9Br2N3OS. The van der Waals surface area contributed by atoms with E-state index in [1.54, 1.807) is 12.1 Å². The van der Waals surface area contributed by atoms with Crippen LogP contribution in [-0.2, 0) is 6.42 Å². The molecule has 0 unspecified atom stereocenters. The molecule has 0 radical (unpaired) electrons. The third-order valence-corrected chi connectivity index (χ3v) is 3.93. The predicted octanol–water partition coefficient (Wildman–Crippen LogP) is 3.49. The molecule has 2 aromatic rings. The van der Waals surface area contributed by atoms with Gasteiger partial charge in [0.15, 0.2) is 0 Å². The first-order chi connectivity index (χ1) is 8.69. The molecule has 1 N–H and O–H groups in total. The Bertz CT molecular complexity index is 541. The van der Waals surface area contributed by atoms with Gasteiger partial charge in [-0.25, -0.2) is 0 Å². The topological polar surface area (TPSA) is 54.9 Å².